The maximum Gasteiger partial charge on any atom is 0.229 e. The topological polar surface area (TPSA) is 62.8 Å². The monoisotopic (exact) mass is 529 g/mol. The third-order valence-corrected chi connectivity index (χ3v) is 6.50. The first kappa shape index (κ1) is 28.6. The molecule has 2 heterocycles. The number of aryl methyl sites for hydroxylation is 2. The Kier molecular flexibility index (Phi) is 10.5. The quantitative estimate of drug-likeness (QED) is 0.289. The summed E-state index contributed by atoms with van der Waals surface area (Å²) >= 11 is 0. The molecule has 1 unspecified atom stereocenters. The lowest BCUT2D eigenvalue weighted by Gasteiger charge is -2.24. The van der Waals surface area contributed by atoms with E-state index in [1.807, 2.05) is 56.3 Å². The molecule has 0 radical (unpaired) electrons. The number of nitrogens with one attached hydrogen (secondary N) is 1. The van der Waals surface area contributed by atoms with Crippen LogP contribution in [0.2, 0.25) is 0 Å². The number of halogens is 2. The Labute approximate surface area is 225 Å². The summed E-state index contributed by atoms with van der Waals surface area (Å²) in [5.41, 5.74) is 3.92. The minimum atomic E-state index is -0.524. The van der Waals surface area contributed by atoms with E-state index >= 15 is 0 Å². The Morgan fingerprint density at radius 1 is 1.14 bits per heavy atom. The van der Waals surface area contributed by atoms with Gasteiger partial charge in [0.2, 0.25) is 5.95 Å². The summed E-state index contributed by atoms with van der Waals surface area (Å²) in [5.74, 6) is 0.807. The smallest absolute Gasteiger partial charge is 0.229 e. The number of ether oxygens (including phenoxy) is 1. The van der Waals surface area contributed by atoms with Gasteiger partial charge < -0.3 is 15.0 Å². The highest BCUT2D eigenvalue weighted by molar-refractivity contribution is 5.85. The van der Waals surface area contributed by atoms with Crippen LogP contribution >= 0.6 is 12.4 Å². The van der Waals surface area contributed by atoms with Gasteiger partial charge in [0, 0.05) is 18.7 Å². The van der Waals surface area contributed by atoms with E-state index in [2.05, 4.69) is 34.0 Å². The predicted molar refractivity (Wildman–Crippen MR) is 149 cm³/mol. The molecule has 1 N–H and O–H groups in total. The minimum Gasteiger partial charge on any atom is -0.493 e. The van der Waals surface area contributed by atoms with Gasteiger partial charge in [-0.05, 0) is 62.2 Å². The summed E-state index contributed by atoms with van der Waals surface area (Å²) in [6, 6.07) is 13.8. The van der Waals surface area contributed by atoms with Gasteiger partial charge in [-0.3, -0.25) is 4.84 Å². The van der Waals surface area contributed by atoms with Crippen LogP contribution in [-0.2, 0) is 4.84 Å². The van der Waals surface area contributed by atoms with Crippen molar-refractivity contribution in [2.75, 3.05) is 43.2 Å². The average Bonchev–Trinajstić information content (AvgIpc) is 3.37. The first-order chi connectivity index (χ1) is 17.5. The highest BCUT2D eigenvalue weighted by Gasteiger charge is 2.31. The van der Waals surface area contributed by atoms with E-state index in [4.69, 9.17) is 9.57 Å². The number of benzene rings is 2. The molecule has 200 valence electrons. The number of hydroxylamine groups is 1. The first-order valence-electron chi connectivity index (χ1n) is 12.7. The molecule has 37 heavy (non-hydrogen) atoms. The number of rotatable bonds is 11. The third kappa shape index (κ3) is 7.09. The zero-order chi connectivity index (χ0) is 25.5. The fraction of sp³-hybridized carbons (Fsp3) is 0.429. The van der Waals surface area contributed by atoms with Crippen LogP contribution in [0.5, 0.6) is 5.75 Å². The van der Waals surface area contributed by atoms with E-state index in [1.54, 1.807) is 5.06 Å². The molecule has 7 nitrogen and oxygen atoms in total. The van der Waals surface area contributed by atoms with Crippen molar-refractivity contribution in [1.29, 1.82) is 0 Å². The van der Waals surface area contributed by atoms with E-state index in [1.165, 1.54) is 6.20 Å². The summed E-state index contributed by atoms with van der Waals surface area (Å²) in [5, 5.41) is 4.78. The molecular weight excluding hydrogens is 493 g/mol. The zero-order valence-corrected chi connectivity index (χ0v) is 22.9. The van der Waals surface area contributed by atoms with E-state index in [0.29, 0.717) is 19.2 Å². The van der Waals surface area contributed by atoms with Crippen LogP contribution < -0.4 is 15.1 Å². The minimum absolute atomic E-state index is 0. The zero-order valence-electron chi connectivity index (χ0n) is 22.0. The van der Waals surface area contributed by atoms with Crippen LogP contribution in [0, 0.1) is 19.7 Å². The van der Waals surface area contributed by atoms with Crippen molar-refractivity contribution in [3.63, 3.8) is 0 Å². The highest BCUT2D eigenvalue weighted by atomic mass is 35.5. The molecule has 0 spiro atoms. The molecule has 1 saturated heterocycles. The van der Waals surface area contributed by atoms with Gasteiger partial charge >= 0.3 is 0 Å². The number of nitrogens with zero attached hydrogens (tertiary/aromatic N) is 4. The molecule has 0 amide bonds. The molecule has 0 saturated carbocycles. The molecule has 1 fully saturated rings. The molecule has 0 aliphatic carbocycles. The maximum atomic E-state index is 14.8. The Bertz CT molecular complexity index is 1120. The van der Waals surface area contributed by atoms with Crippen LogP contribution in [0.1, 0.15) is 49.4 Å². The highest BCUT2D eigenvalue weighted by Crippen LogP contribution is 2.36. The molecule has 1 aliphatic rings. The lowest BCUT2D eigenvalue weighted by Crippen LogP contribution is -2.25. The van der Waals surface area contributed by atoms with Gasteiger partial charge in [-0.15, -0.1) is 12.4 Å². The molecule has 1 aliphatic heterocycles. The normalized spacial score (nSPS) is 15.1. The lowest BCUT2D eigenvalue weighted by molar-refractivity contribution is 0.154. The van der Waals surface area contributed by atoms with Gasteiger partial charge in [0.05, 0.1) is 25.5 Å². The number of anilines is 3. The van der Waals surface area contributed by atoms with Crippen LogP contribution in [-0.4, -0.2) is 47.7 Å². The van der Waals surface area contributed by atoms with Crippen molar-refractivity contribution < 1.29 is 14.0 Å². The summed E-state index contributed by atoms with van der Waals surface area (Å²) in [7, 11) is 0. The molecule has 2 aromatic carbocycles. The Hall–Kier alpha value is -2.94. The second-order valence-corrected chi connectivity index (χ2v) is 9.03. The second-order valence-electron chi connectivity index (χ2n) is 9.03. The second kappa shape index (κ2) is 13.6. The van der Waals surface area contributed by atoms with Crippen molar-refractivity contribution in [1.82, 2.24) is 14.9 Å². The average molecular weight is 530 g/mol. The summed E-state index contributed by atoms with van der Waals surface area (Å²) in [4.78, 5) is 16.8. The van der Waals surface area contributed by atoms with Gasteiger partial charge in [0.15, 0.2) is 11.6 Å². The largest absolute Gasteiger partial charge is 0.493 e. The van der Waals surface area contributed by atoms with Crippen LogP contribution in [0.25, 0.3) is 0 Å². The van der Waals surface area contributed by atoms with E-state index < -0.39 is 5.82 Å². The molecule has 3 aromatic rings. The van der Waals surface area contributed by atoms with E-state index in [-0.39, 0.29) is 24.3 Å². The predicted octanol–water partition coefficient (Wildman–Crippen LogP) is 6.39. The number of hydrogen-bond donors (Lipinski definition) is 1. The van der Waals surface area contributed by atoms with E-state index in [9.17, 15) is 4.39 Å². The Morgan fingerprint density at radius 2 is 1.84 bits per heavy atom. The molecule has 1 aromatic heterocycles. The van der Waals surface area contributed by atoms with Gasteiger partial charge in [0.25, 0.3) is 0 Å². The summed E-state index contributed by atoms with van der Waals surface area (Å²) < 4.78 is 20.9. The van der Waals surface area contributed by atoms with Crippen LogP contribution in [0.15, 0.2) is 48.7 Å². The van der Waals surface area contributed by atoms with Crippen molar-refractivity contribution >= 4 is 29.9 Å². The van der Waals surface area contributed by atoms with Crippen LogP contribution in [0.4, 0.5) is 21.8 Å². The van der Waals surface area contributed by atoms with Crippen molar-refractivity contribution in [2.45, 2.75) is 46.6 Å². The fourth-order valence-electron chi connectivity index (χ4n) is 4.61. The van der Waals surface area contributed by atoms with Crippen molar-refractivity contribution in [2.24, 2.45) is 0 Å². The van der Waals surface area contributed by atoms with Crippen molar-refractivity contribution in [3.8, 4) is 5.75 Å². The Balaban J connectivity index is 0.00000380. The third-order valence-electron chi connectivity index (χ3n) is 6.50. The van der Waals surface area contributed by atoms with E-state index in [0.717, 1.165) is 60.6 Å². The van der Waals surface area contributed by atoms with Crippen molar-refractivity contribution in [3.05, 3.63) is 71.2 Å². The summed E-state index contributed by atoms with van der Waals surface area (Å²) in [6.07, 6.45) is 2.92. The lowest BCUT2D eigenvalue weighted by atomic mass is 10.0. The van der Waals surface area contributed by atoms with Gasteiger partial charge in [-0.25, -0.2) is 14.4 Å². The van der Waals surface area contributed by atoms with Gasteiger partial charge in [-0.2, -0.15) is 4.98 Å². The van der Waals surface area contributed by atoms with Crippen LogP contribution in [0.3, 0.4) is 0 Å². The molecule has 0 bridgehead atoms. The summed E-state index contributed by atoms with van der Waals surface area (Å²) in [6.45, 7) is 12.7. The molecule has 9 heteroatoms. The molecule has 1 atom stereocenters. The van der Waals surface area contributed by atoms with Gasteiger partial charge in [0.1, 0.15) is 5.75 Å². The molecule has 4 rings (SSSR count). The Morgan fingerprint density at radius 3 is 2.51 bits per heavy atom. The number of hydrogen-bond acceptors (Lipinski definition) is 7. The standard InChI is InChI=1S/C28H36FN5O2.ClH/c1-5-33(6-2)14-10-15-35-26-20(3)17-23(18-21(26)4)31-28-30-19-24(29)27(32-28)34-25(13-16-36-34)22-11-8-7-9-12-22;/h7-9,11-12,17-19,25H,5-6,10,13-16H2,1-4H3,(H,30,31,32);1H. The SMILES string of the molecule is CCN(CC)CCCOc1c(C)cc(Nc2ncc(F)c(N3OCCC3c3ccccc3)n2)cc1C.Cl. The number of aromatic nitrogens is 2. The fourth-order valence-corrected chi connectivity index (χ4v) is 4.61. The maximum absolute atomic E-state index is 14.8. The molecular formula is C28H37ClFN5O2. The van der Waals surface area contributed by atoms with Gasteiger partial charge in [-0.1, -0.05) is 44.2 Å². The first-order valence-corrected chi connectivity index (χ1v) is 12.7.